The van der Waals surface area contributed by atoms with E-state index in [1.807, 2.05) is 23.1 Å². The lowest BCUT2D eigenvalue weighted by Crippen LogP contribution is -2.49. The second kappa shape index (κ2) is 11.4. The van der Waals surface area contributed by atoms with Crippen molar-refractivity contribution < 1.29 is 18.3 Å². The zero-order valence-corrected chi connectivity index (χ0v) is 24.6. The van der Waals surface area contributed by atoms with Crippen molar-refractivity contribution in [2.45, 2.75) is 20.1 Å². The van der Waals surface area contributed by atoms with Gasteiger partial charge < -0.3 is 20.1 Å². The smallest absolute Gasteiger partial charge is 0.238 e. The van der Waals surface area contributed by atoms with E-state index in [4.69, 9.17) is 27.9 Å². The van der Waals surface area contributed by atoms with Gasteiger partial charge in [-0.1, -0.05) is 41.4 Å². The molecule has 1 unspecified atom stereocenters. The zero-order valence-electron chi connectivity index (χ0n) is 22.3. The number of ether oxygens (including phenoxy) is 1. The summed E-state index contributed by atoms with van der Waals surface area (Å²) in [7, 11) is -1.98. The molecule has 0 saturated carbocycles. The van der Waals surface area contributed by atoms with Crippen LogP contribution in [-0.4, -0.2) is 77.6 Å². The fourth-order valence-electron chi connectivity index (χ4n) is 4.83. The van der Waals surface area contributed by atoms with Crippen LogP contribution in [0.1, 0.15) is 13.8 Å². The molecule has 2 aromatic heterocycles. The first-order chi connectivity index (χ1) is 19.1. The third-order valence-corrected chi connectivity index (χ3v) is 9.25. The number of methoxy groups -OCH3 is 1. The van der Waals surface area contributed by atoms with Crippen molar-refractivity contribution in [3.05, 3.63) is 58.8 Å². The average molecular weight is 606 g/mol. The van der Waals surface area contributed by atoms with Gasteiger partial charge in [0.15, 0.2) is 0 Å². The Morgan fingerprint density at radius 3 is 2.52 bits per heavy atom. The van der Waals surface area contributed by atoms with Gasteiger partial charge in [-0.05, 0) is 26.0 Å². The van der Waals surface area contributed by atoms with Crippen molar-refractivity contribution >= 4 is 61.5 Å². The molecule has 0 spiro atoms. The predicted molar refractivity (Wildman–Crippen MR) is 160 cm³/mol. The van der Waals surface area contributed by atoms with Crippen molar-refractivity contribution in [3.8, 4) is 17.0 Å². The highest BCUT2D eigenvalue weighted by molar-refractivity contribution is 7.90. The van der Waals surface area contributed by atoms with Crippen molar-refractivity contribution in [3.63, 3.8) is 0 Å². The molecular weight excluding hydrogens is 575 g/mol. The Labute approximate surface area is 243 Å². The van der Waals surface area contributed by atoms with E-state index in [1.165, 1.54) is 10.2 Å². The minimum atomic E-state index is -3.55. The number of anilines is 3. The van der Waals surface area contributed by atoms with Crippen molar-refractivity contribution in [2.24, 2.45) is 0 Å². The third-order valence-electron chi connectivity index (χ3n) is 7.04. The van der Waals surface area contributed by atoms with Crippen molar-refractivity contribution in [2.75, 3.05) is 49.3 Å². The summed E-state index contributed by atoms with van der Waals surface area (Å²) in [5.74, 6) is 0.729. The topological polar surface area (TPSA) is 113 Å². The molecule has 10 nitrogen and oxygen atoms in total. The van der Waals surface area contributed by atoms with E-state index in [2.05, 4.69) is 20.2 Å². The molecule has 1 saturated heterocycles. The summed E-state index contributed by atoms with van der Waals surface area (Å²) in [6, 6.07) is 10.8. The van der Waals surface area contributed by atoms with Gasteiger partial charge in [0.25, 0.3) is 0 Å². The van der Waals surface area contributed by atoms with Crippen LogP contribution < -0.4 is 15.0 Å². The van der Waals surface area contributed by atoms with Gasteiger partial charge >= 0.3 is 0 Å². The number of aromatic nitrogens is 3. The second-order valence-corrected chi connectivity index (χ2v) is 12.4. The molecule has 0 amide bonds. The normalized spacial score (nSPS) is 15.4. The van der Waals surface area contributed by atoms with Gasteiger partial charge in [0, 0.05) is 49.4 Å². The molecule has 0 aliphatic carbocycles. The molecule has 13 heteroatoms. The van der Waals surface area contributed by atoms with Gasteiger partial charge in [-0.2, -0.15) is 0 Å². The largest absolute Gasteiger partial charge is 0.494 e. The monoisotopic (exact) mass is 604 g/mol. The van der Waals surface area contributed by atoms with Crippen LogP contribution in [0.25, 0.3) is 22.2 Å². The van der Waals surface area contributed by atoms with E-state index < -0.39 is 16.3 Å². The Balaban J connectivity index is 1.48. The van der Waals surface area contributed by atoms with Gasteiger partial charge in [0.1, 0.15) is 12.0 Å². The van der Waals surface area contributed by atoms with Crippen LogP contribution in [0.2, 0.25) is 10.0 Å². The van der Waals surface area contributed by atoms with Gasteiger partial charge in [-0.3, -0.25) is 4.90 Å². The van der Waals surface area contributed by atoms with E-state index in [1.54, 1.807) is 45.4 Å². The molecule has 4 aromatic rings. The van der Waals surface area contributed by atoms with Crippen molar-refractivity contribution in [1.82, 2.24) is 18.8 Å². The van der Waals surface area contributed by atoms with Crippen LogP contribution in [0.3, 0.4) is 0 Å². The Kier molecular flexibility index (Phi) is 8.12. The highest BCUT2D eigenvalue weighted by Gasteiger charge is 2.24. The maximum absolute atomic E-state index is 12.8. The Morgan fingerprint density at radius 2 is 1.85 bits per heavy atom. The first-order valence-electron chi connectivity index (χ1n) is 12.8. The minimum Gasteiger partial charge on any atom is -0.494 e. The lowest BCUT2D eigenvalue weighted by Gasteiger charge is -2.37. The number of rotatable bonds is 8. The third kappa shape index (κ3) is 5.44. The van der Waals surface area contributed by atoms with Crippen LogP contribution >= 0.6 is 23.2 Å². The number of nitrogens with one attached hydrogen (secondary N) is 1. The number of para-hydroxylation sites is 1. The summed E-state index contributed by atoms with van der Waals surface area (Å²) in [5, 5.41) is 14.5. The molecule has 0 radical (unpaired) electrons. The predicted octanol–water partition coefficient (Wildman–Crippen LogP) is 4.82. The molecule has 1 fully saturated rings. The standard InChI is InChI=1S/C27H30Cl2N6O4S/c1-4-40(37,38)35-16-19(18-7-5-6-8-23(18)35)26-21(29)15-30-27(32-26)31-22-13-20(28)24(14-25(22)39-3)34-11-9-33(10-12-34)17(2)36/h5-8,13-17,36H,4,9-12H2,1-3H3,(H,30,31,32). The average Bonchev–Trinajstić information content (AvgIpc) is 3.35. The van der Waals surface area contributed by atoms with E-state index in [-0.39, 0.29) is 16.7 Å². The van der Waals surface area contributed by atoms with Gasteiger partial charge in [0.05, 0.1) is 51.7 Å². The van der Waals surface area contributed by atoms with Crippen LogP contribution in [0.15, 0.2) is 48.8 Å². The number of aliphatic hydroxyl groups excluding tert-OH is 1. The Bertz CT molecular complexity index is 1650. The van der Waals surface area contributed by atoms with Gasteiger partial charge in [-0.25, -0.2) is 22.4 Å². The summed E-state index contributed by atoms with van der Waals surface area (Å²) in [5.41, 5.74) is 2.89. The molecule has 2 N–H and O–H groups in total. The summed E-state index contributed by atoms with van der Waals surface area (Å²) in [6.07, 6.45) is 2.53. The molecule has 40 heavy (non-hydrogen) atoms. The fourth-order valence-corrected chi connectivity index (χ4v) is 6.31. The lowest BCUT2D eigenvalue weighted by molar-refractivity contribution is 0.0153. The molecular formula is C27H30Cl2N6O4S. The number of hydrogen-bond acceptors (Lipinski definition) is 9. The lowest BCUT2D eigenvalue weighted by atomic mass is 10.1. The first-order valence-corrected chi connectivity index (χ1v) is 15.2. The number of halogens is 2. The summed E-state index contributed by atoms with van der Waals surface area (Å²) < 4.78 is 32.5. The Morgan fingerprint density at radius 1 is 1.12 bits per heavy atom. The fraction of sp³-hybridized carbons (Fsp3) is 0.333. The number of fused-ring (bicyclic) bond motifs is 1. The highest BCUT2D eigenvalue weighted by Crippen LogP contribution is 2.39. The second-order valence-electron chi connectivity index (χ2n) is 9.43. The number of aliphatic hydroxyl groups is 1. The maximum Gasteiger partial charge on any atom is 0.238 e. The van der Waals surface area contributed by atoms with Gasteiger partial charge in [-0.15, -0.1) is 0 Å². The minimum absolute atomic E-state index is 0.0534. The van der Waals surface area contributed by atoms with Crippen LogP contribution in [-0.2, 0) is 10.0 Å². The molecule has 1 aliphatic heterocycles. The van der Waals surface area contributed by atoms with Crippen molar-refractivity contribution in [1.29, 1.82) is 0 Å². The van der Waals surface area contributed by atoms with Gasteiger partial charge in [0.2, 0.25) is 16.0 Å². The van der Waals surface area contributed by atoms with E-state index in [0.717, 1.165) is 5.69 Å². The SMILES string of the molecule is CCS(=O)(=O)n1cc(-c2nc(Nc3cc(Cl)c(N4CCN(C(C)O)CC4)cc3OC)ncc2Cl)c2ccccc21. The van der Waals surface area contributed by atoms with Crippen LogP contribution in [0, 0.1) is 0 Å². The number of nitrogens with zero attached hydrogens (tertiary/aromatic N) is 5. The number of benzene rings is 2. The molecule has 3 heterocycles. The molecule has 5 rings (SSSR count). The molecule has 1 aliphatic rings. The highest BCUT2D eigenvalue weighted by atomic mass is 35.5. The summed E-state index contributed by atoms with van der Waals surface area (Å²) in [6.45, 7) is 6.22. The molecule has 212 valence electrons. The summed E-state index contributed by atoms with van der Waals surface area (Å²) in [4.78, 5) is 13.1. The first kappa shape index (κ1) is 28.4. The maximum atomic E-state index is 12.8. The molecule has 2 aromatic carbocycles. The van der Waals surface area contributed by atoms with Crippen LogP contribution in [0.4, 0.5) is 17.3 Å². The quantitative estimate of drug-likeness (QED) is 0.292. The zero-order chi connectivity index (χ0) is 28.6. The van der Waals surface area contributed by atoms with E-state index in [0.29, 0.717) is 64.8 Å². The molecule has 0 bridgehead atoms. The van der Waals surface area contributed by atoms with E-state index in [9.17, 15) is 13.5 Å². The summed E-state index contributed by atoms with van der Waals surface area (Å²) >= 11 is 13.2. The van der Waals surface area contributed by atoms with E-state index >= 15 is 0 Å². The number of hydrogen-bond donors (Lipinski definition) is 2. The Hall–Kier alpha value is -3.09. The molecule has 1 atom stereocenters. The van der Waals surface area contributed by atoms with Crippen LogP contribution in [0.5, 0.6) is 5.75 Å². The number of piperazine rings is 1.